The van der Waals surface area contributed by atoms with Crippen LogP contribution in [-0.2, 0) is 6.61 Å². The third kappa shape index (κ3) is 2.76. The minimum Gasteiger partial charge on any atom is -0.487 e. The molecule has 0 fully saturated rings. The van der Waals surface area contributed by atoms with Crippen molar-refractivity contribution in [1.82, 2.24) is 5.16 Å². The van der Waals surface area contributed by atoms with E-state index >= 15 is 0 Å². The molecular formula is C14H16N2O3. The number of anilines is 1. The molecule has 0 spiro atoms. The van der Waals surface area contributed by atoms with Gasteiger partial charge in [-0.3, -0.25) is 4.79 Å². The number of ketones is 1. The van der Waals surface area contributed by atoms with Crippen LogP contribution in [0.15, 0.2) is 22.7 Å². The van der Waals surface area contributed by atoms with Gasteiger partial charge in [0.05, 0.1) is 16.9 Å². The fraction of sp³-hybridized carbons (Fsp3) is 0.286. The molecule has 0 bridgehead atoms. The number of nitrogen functional groups attached to an aromatic ring is 1. The van der Waals surface area contributed by atoms with Crippen LogP contribution in [0.5, 0.6) is 5.75 Å². The zero-order valence-corrected chi connectivity index (χ0v) is 11.2. The highest BCUT2D eigenvalue weighted by molar-refractivity contribution is 5.95. The molecule has 2 N–H and O–H groups in total. The third-order valence-corrected chi connectivity index (χ3v) is 2.97. The summed E-state index contributed by atoms with van der Waals surface area (Å²) in [7, 11) is 0. The number of hydrogen-bond acceptors (Lipinski definition) is 5. The molecule has 0 amide bonds. The molecule has 0 unspecified atom stereocenters. The zero-order valence-electron chi connectivity index (χ0n) is 11.2. The summed E-state index contributed by atoms with van der Waals surface area (Å²) in [5.74, 6) is 1.26. The summed E-state index contributed by atoms with van der Waals surface area (Å²) in [6.45, 7) is 5.53. The van der Waals surface area contributed by atoms with E-state index in [1.807, 2.05) is 13.8 Å². The van der Waals surface area contributed by atoms with Gasteiger partial charge < -0.3 is 15.0 Å². The number of hydrogen-bond donors (Lipinski definition) is 1. The normalized spacial score (nSPS) is 10.5. The first-order valence-electron chi connectivity index (χ1n) is 5.94. The monoisotopic (exact) mass is 260 g/mol. The van der Waals surface area contributed by atoms with Gasteiger partial charge in [-0.05, 0) is 39.0 Å². The first kappa shape index (κ1) is 13.1. The maximum Gasteiger partial charge on any atom is 0.159 e. The van der Waals surface area contributed by atoms with Crippen molar-refractivity contribution in [3.63, 3.8) is 0 Å². The number of carbonyl (C=O) groups excluding carboxylic acids is 1. The lowest BCUT2D eigenvalue weighted by Crippen LogP contribution is -2.02. The maximum absolute atomic E-state index is 11.2. The topological polar surface area (TPSA) is 78.3 Å². The Morgan fingerprint density at radius 2 is 2.16 bits per heavy atom. The number of aromatic nitrogens is 1. The Hall–Kier alpha value is -2.30. The fourth-order valence-electron chi connectivity index (χ4n) is 1.76. The molecule has 0 aliphatic heterocycles. The van der Waals surface area contributed by atoms with Crippen molar-refractivity contribution in [2.45, 2.75) is 27.4 Å². The molecule has 0 saturated carbocycles. The highest BCUT2D eigenvalue weighted by Gasteiger charge is 2.11. The van der Waals surface area contributed by atoms with E-state index < -0.39 is 0 Å². The van der Waals surface area contributed by atoms with E-state index in [0.29, 0.717) is 23.6 Å². The minimum absolute atomic E-state index is 0.0241. The van der Waals surface area contributed by atoms with Gasteiger partial charge in [-0.15, -0.1) is 0 Å². The number of carbonyl (C=O) groups is 1. The van der Waals surface area contributed by atoms with Crippen molar-refractivity contribution in [2.24, 2.45) is 0 Å². The summed E-state index contributed by atoms with van der Waals surface area (Å²) in [4.78, 5) is 11.2. The summed E-state index contributed by atoms with van der Waals surface area (Å²) < 4.78 is 10.7. The summed E-state index contributed by atoms with van der Waals surface area (Å²) in [6.07, 6.45) is 0. The standard InChI is InChI=1S/C14H16N2O3/c1-8-12(10(3)19-16-8)7-18-14-5-4-11(9(2)17)6-13(14)15/h4-6H,7,15H2,1-3H3. The lowest BCUT2D eigenvalue weighted by molar-refractivity contribution is 0.101. The molecule has 0 atom stereocenters. The van der Waals surface area contributed by atoms with Crippen LogP contribution in [0.25, 0.3) is 0 Å². The van der Waals surface area contributed by atoms with Gasteiger partial charge in [0.2, 0.25) is 0 Å². The molecular weight excluding hydrogens is 244 g/mol. The van der Waals surface area contributed by atoms with Crippen molar-refractivity contribution in [1.29, 1.82) is 0 Å². The molecule has 1 heterocycles. The Morgan fingerprint density at radius 3 is 2.68 bits per heavy atom. The lowest BCUT2D eigenvalue weighted by atomic mass is 10.1. The molecule has 5 nitrogen and oxygen atoms in total. The molecule has 2 rings (SSSR count). The molecule has 0 radical (unpaired) electrons. The van der Waals surface area contributed by atoms with Gasteiger partial charge in [-0.1, -0.05) is 5.16 Å². The van der Waals surface area contributed by atoms with Crippen LogP contribution in [0.3, 0.4) is 0 Å². The SMILES string of the molecule is CC(=O)c1ccc(OCc2c(C)noc2C)c(N)c1. The molecule has 0 saturated heterocycles. The molecule has 100 valence electrons. The zero-order chi connectivity index (χ0) is 14.0. The largest absolute Gasteiger partial charge is 0.487 e. The maximum atomic E-state index is 11.2. The highest BCUT2D eigenvalue weighted by atomic mass is 16.5. The minimum atomic E-state index is -0.0241. The number of nitrogens with two attached hydrogens (primary N) is 1. The van der Waals surface area contributed by atoms with Crippen LogP contribution >= 0.6 is 0 Å². The van der Waals surface area contributed by atoms with E-state index in [1.54, 1.807) is 18.2 Å². The number of benzene rings is 1. The van der Waals surface area contributed by atoms with Crippen LogP contribution in [0.2, 0.25) is 0 Å². The second-order valence-corrected chi connectivity index (χ2v) is 4.40. The van der Waals surface area contributed by atoms with Crippen molar-refractivity contribution in [2.75, 3.05) is 5.73 Å². The fourth-order valence-corrected chi connectivity index (χ4v) is 1.76. The second-order valence-electron chi connectivity index (χ2n) is 4.40. The van der Waals surface area contributed by atoms with Gasteiger partial charge in [0.1, 0.15) is 18.1 Å². The van der Waals surface area contributed by atoms with Crippen molar-refractivity contribution in [3.8, 4) is 5.75 Å². The van der Waals surface area contributed by atoms with E-state index in [0.717, 1.165) is 17.0 Å². The van der Waals surface area contributed by atoms with E-state index in [4.69, 9.17) is 15.0 Å². The number of aryl methyl sites for hydroxylation is 2. The summed E-state index contributed by atoms with van der Waals surface area (Å²) in [5, 5.41) is 3.86. The Kier molecular flexibility index (Phi) is 3.55. The van der Waals surface area contributed by atoms with Gasteiger partial charge >= 0.3 is 0 Å². The van der Waals surface area contributed by atoms with Gasteiger partial charge in [0.25, 0.3) is 0 Å². The predicted molar refractivity (Wildman–Crippen MR) is 71.2 cm³/mol. The predicted octanol–water partition coefficient (Wildman–Crippen LogP) is 2.66. The van der Waals surface area contributed by atoms with Gasteiger partial charge in [-0.25, -0.2) is 0 Å². The van der Waals surface area contributed by atoms with E-state index in [1.165, 1.54) is 6.92 Å². The van der Waals surface area contributed by atoms with Crippen LogP contribution in [0, 0.1) is 13.8 Å². The first-order valence-corrected chi connectivity index (χ1v) is 5.94. The van der Waals surface area contributed by atoms with Crippen molar-refractivity contribution < 1.29 is 14.1 Å². The second kappa shape index (κ2) is 5.14. The smallest absolute Gasteiger partial charge is 0.159 e. The van der Waals surface area contributed by atoms with E-state index in [9.17, 15) is 4.79 Å². The van der Waals surface area contributed by atoms with Crippen molar-refractivity contribution in [3.05, 3.63) is 40.8 Å². The van der Waals surface area contributed by atoms with Crippen LogP contribution in [0.4, 0.5) is 5.69 Å². The molecule has 5 heteroatoms. The Bertz CT molecular complexity index is 598. The average Bonchev–Trinajstić information content (AvgIpc) is 2.68. The van der Waals surface area contributed by atoms with Crippen LogP contribution in [-0.4, -0.2) is 10.9 Å². The number of nitrogens with zero attached hydrogens (tertiary/aromatic N) is 1. The molecule has 1 aromatic heterocycles. The molecule has 0 aliphatic rings. The highest BCUT2D eigenvalue weighted by Crippen LogP contribution is 2.24. The van der Waals surface area contributed by atoms with Crippen LogP contribution < -0.4 is 10.5 Å². The molecule has 19 heavy (non-hydrogen) atoms. The molecule has 1 aromatic carbocycles. The van der Waals surface area contributed by atoms with E-state index in [-0.39, 0.29) is 5.78 Å². The Labute approximate surface area is 111 Å². The first-order chi connectivity index (χ1) is 8.99. The third-order valence-electron chi connectivity index (χ3n) is 2.97. The Morgan fingerprint density at radius 1 is 1.42 bits per heavy atom. The average molecular weight is 260 g/mol. The Balaban J connectivity index is 2.14. The number of ether oxygens (including phenoxy) is 1. The summed E-state index contributed by atoms with van der Waals surface area (Å²) in [6, 6.07) is 5.01. The van der Waals surface area contributed by atoms with Gasteiger partial charge in [0, 0.05) is 5.56 Å². The van der Waals surface area contributed by atoms with Gasteiger partial charge in [0.15, 0.2) is 5.78 Å². The van der Waals surface area contributed by atoms with E-state index in [2.05, 4.69) is 5.16 Å². The van der Waals surface area contributed by atoms with Crippen LogP contribution in [0.1, 0.15) is 34.3 Å². The van der Waals surface area contributed by atoms with Gasteiger partial charge in [-0.2, -0.15) is 0 Å². The number of Topliss-reactive ketones (excluding diaryl/α,β-unsaturated/α-hetero) is 1. The quantitative estimate of drug-likeness (QED) is 0.675. The number of rotatable bonds is 4. The summed E-state index contributed by atoms with van der Waals surface area (Å²) >= 11 is 0. The summed E-state index contributed by atoms with van der Waals surface area (Å²) in [5.41, 5.74) is 8.59. The molecule has 2 aromatic rings. The van der Waals surface area contributed by atoms with Crippen molar-refractivity contribution >= 4 is 11.5 Å². The lowest BCUT2D eigenvalue weighted by Gasteiger charge is -2.09. The molecule has 0 aliphatic carbocycles.